The maximum atomic E-state index is 4.34. The van der Waals surface area contributed by atoms with Gasteiger partial charge in [-0.15, -0.1) is 11.3 Å². The van der Waals surface area contributed by atoms with Gasteiger partial charge < -0.3 is 5.32 Å². The van der Waals surface area contributed by atoms with Gasteiger partial charge in [0.25, 0.3) is 0 Å². The average molecular weight is 297 g/mol. The van der Waals surface area contributed by atoms with Gasteiger partial charge in [-0.2, -0.15) is 0 Å². The monoisotopic (exact) mass is 296 g/mol. The fourth-order valence-corrected chi connectivity index (χ4v) is 2.40. The number of hydrogen-bond donors (Lipinski definition) is 1. The second-order valence-corrected chi connectivity index (χ2v) is 5.53. The minimum Gasteiger partial charge on any atom is -0.363 e. The molecule has 0 bridgehead atoms. The van der Waals surface area contributed by atoms with Gasteiger partial charge in [-0.25, -0.2) is 4.98 Å². The second-order valence-electron chi connectivity index (χ2n) is 3.70. The Morgan fingerprint density at radius 2 is 2.31 bits per heavy atom. The summed E-state index contributed by atoms with van der Waals surface area (Å²) in [7, 11) is 0. The van der Waals surface area contributed by atoms with Gasteiger partial charge in [0, 0.05) is 15.5 Å². The topological polar surface area (TPSA) is 24.9 Å². The smallest absolute Gasteiger partial charge is 0.126 e. The minimum atomic E-state index is 0.299. The Kier molecular flexibility index (Phi) is 3.61. The molecule has 0 spiro atoms. The molecule has 4 heteroatoms. The minimum absolute atomic E-state index is 0.299. The van der Waals surface area contributed by atoms with E-state index < -0.39 is 0 Å². The van der Waals surface area contributed by atoms with Gasteiger partial charge in [0.1, 0.15) is 5.82 Å². The second kappa shape index (κ2) is 4.97. The van der Waals surface area contributed by atoms with Crippen molar-refractivity contribution in [2.45, 2.75) is 19.9 Å². The molecule has 16 heavy (non-hydrogen) atoms. The van der Waals surface area contributed by atoms with E-state index in [-0.39, 0.29) is 0 Å². The molecule has 2 aromatic rings. The van der Waals surface area contributed by atoms with Gasteiger partial charge >= 0.3 is 0 Å². The van der Waals surface area contributed by atoms with Crippen LogP contribution in [-0.4, -0.2) is 4.98 Å². The molecule has 2 rings (SSSR count). The molecular weight excluding hydrogens is 284 g/mol. The van der Waals surface area contributed by atoms with Crippen molar-refractivity contribution in [3.63, 3.8) is 0 Å². The summed E-state index contributed by atoms with van der Waals surface area (Å²) in [6.07, 6.45) is 1.83. The number of thiophene rings is 1. The van der Waals surface area contributed by atoms with Crippen LogP contribution in [0.25, 0.3) is 0 Å². The maximum Gasteiger partial charge on any atom is 0.126 e. The van der Waals surface area contributed by atoms with E-state index in [1.54, 1.807) is 11.3 Å². The van der Waals surface area contributed by atoms with Crippen LogP contribution in [0.2, 0.25) is 0 Å². The molecule has 2 aromatic heterocycles. The summed E-state index contributed by atoms with van der Waals surface area (Å²) in [6.45, 7) is 4.21. The van der Waals surface area contributed by atoms with Gasteiger partial charge in [-0.1, -0.05) is 6.07 Å². The summed E-state index contributed by atoms with van der Waals surface area (Å²) in [5.74, 6) is 0.918. The number of aromatic nitrogens is 1. The lowest BCUT2D eigenvalue weighted by Gasteiger charge is -2.13. The van der Waals surface area contributed by atoms with Crippen LogP contribution in [0.5, 0.6) is 0 Å². The number of nitrogens with zero attached hydrogens (tertiary/aromatic N) is 1. The van der Waals surface area contributed by atoms with Crippen LogP contribution >= 0.6 is 27.3 Å². The molecule has 0 amide bonds. The molecular formula is C12H13BrN2S. The first-order valence-electron chi connectivity index (χ1n) is 5.09. The first-order valence-corrected chi connectivity index (χ1v) is 6.76. The summed E-state index contributed by atoms with van der Waals surface area (Å²) in [6, 6.07) is 6.55. The highest BCUT2D eigenvalue weighted by atomic mass is 79.9. The van der Waals surface area contributed by atoms with E-state index in [1.165, 1.54) is 10.4 Å². The molecule has 0 aromatic carbocycles. The number of anilines is 1. The largest absolute Gasteiger partial charge is 0.363 e. The Morgan fingerprint density at radius 1 is 1.50 bits per heavy atom. The van der Waals surface area contributed by atoms with Crippen LogP contribution in [-0.2, 0) is 0 Å². The van der Waals surface area contributed by atoms with Crippen LogP contribution in [0.15, 0.2) is 34.2 Å². The lowest BCUT2D eigenvalue weighted by molar-refractivity contribution is 0.895. The molecule has 0 saturated heterocycles. The molecule has 1 atom stereocenters. The zero-order valence-electron chi connectivity index (χ0n) is 9.20. The van der Waals surface area contributed by atoms with Crippen molar-refractivity contribution < 1.29 is 0 Å². The molecule has 1 unspecified atom stereocenters. The molecule has 2 heterocycles. The van der Waals surface area contributed by atoms with Gasteiger partial charge in [-0.05, 0) is 52.9 Å². The average Bonchev–Trinajstić information content (AvgIpc) is 2.77. The third-order valence-corrected chi connectivity index (χ3v) is 4.27. The molecule has 0 fully saturated rings. The lowest BCUT2D eigenvalue weighted by atomic mass is 10.2. The van der Waals surface area contributed by atoms with Crippen molar-refractivity contribution in [1.29, 1.82) is 0 Å². The predicted octanol–water partition coefficient (Wildman–Crippen LogP) is 4.39. The molecule has 0 aliphatic carbocycles. The zero-order chi connectivity index (χ0) is 11.5. The SMILES string of the molecule is Cc1cc(NC(C)c2cccs2)ncc1Br. The number of aryl methyl sites for hydroxylation is 1. The number of pyridine rings is 1. The van der Waals surface area contributed by atoms with Crippen molar-refractivity contribution in [2.75, 3.05) is 5.32 Å². The molecule has 2 nitrogen and oxygen atoms in total. The Morgan fingerprint density at radius 3 is 2.94 bits per heavy atom. The van der Waals surface area contributed by atoms with E-state index in [1.807, 2.05) is 12.3 Å². The van der Waals surface area contributed by atoms with E-state index in [9.17, 15) is 0 Å². The lowest BCUT2D eigenvalue weighted by Crippen LogP contribution is -2.06. The highest BCUT2D eigenvalue weighted by Gasteiger charge is 2.07. The standard InChI is InChI=1S/C12H13BrN2S/c1-8-6-12(14-7-10(8)13)15-9(2)11-4-3-5-16-11/h3-7,9H,1-2H3,(H,14,15). The quantitative estimate of drug-likeness (QED) is 0.909. The van der Waals surface area contributed by atoms with E-state index >= 15 is 0 Å². The summed E-state index contributed by atoms with van der Waals surface area (Å²) in [5.41, 5.74) is 1.19. The van der Waals surface area contributed by atoms with E-state index in [4.69, 9.17) is 0 Å². The van der Waals surface area contributed by atoms with Gasteiger partial charge in [-0.3, -0.25) is 0 Å². The molecule has 0 radical (unpaired) electrons. The van der Waals surface area contributed by atoms with E-state index in [0.29, 0.717) is 6.04 Å². The fraction of sp³-hybridized carbons (Fsp3) is 0.250. The van der Waals surface area contributed by atoms with Crippen LogP contribution in [0.3, 0.4) is 0 Å². The van der Waals surface area contributed by atoms with Gasteiger partial charge in [0.2, 0.25) is 0 Å². The van der Waals surface area contributed by atoms with Crippen molar-refractivity contribution in [2.24, 2.45) is 0 Å². The van der Waals surface area contributed by atoms with E-state index in [0.717, 1.165) is 10.3 Å². The Bertz CT molecular complexity index is 468. The number of rotatable bonds is 3. The highest BCUT2D eigenvalue weighted by molar-refractivity contribution is 9.10. The molecule has 0 aliphatic rings. The van der Waals surface area contributed by atoms with Crippen LogP contribution in [0, 0.1) is 6.92 Å². The Labute approximate surface area is 108 Å². The summed E-state index contributed by atoms with van der Waals surface area (Å²) < 4.78 is 1.04. The third kappa shape index (κ3) is 2.62. The molecule has 84 valence electrons. The van der Waals surface area contributed by atoms with Gasteiger partial charge in [0.15, 0.2) is 0 Å². The molecule has 1 N–H and O–H groups in total. The number of halogens is 1. The summed E-state index contributed by atoms with van der Waals surface area (Å²) in [5, 5.41) is 5.48. The highest BCUT2D eigenvalue weighted by Crippen LogP contribution is 2.24. The normalized spacial score (nSPS) is 12.4. The Hall–Kier alpha value is -0.870. The van der Waals surface area contributed by atoms with Crippen LogP contribution in [0.4, 0.5) is 5.82 Å². The first-order chi connectivity index (χ1) is 7.66. The number of hydrogen-bond acceptors (Lipinski definition) is 3. The fourth-order valence-electron chi connectivity index (χ4n) is 1.45. The predicted molar refractivity (Wildman–Crippen MR) is 73.0 cm³/mol. The van der Waals surface area contributed by atoms with Crippen molar-refractivity contribution in [3.05, 3.63) is 44.7 Å². The van der Waals surface area contributed by atoms with Gasteiger partial charge in [0.05, 0.1) is 6.04 Å². The number of nitrogens with one attached hydrogen (secondary N) is 1. The molecule has 0 saturated carbocycles. The van der Waals surface area contributed by atoms with E-state index in [2.05, 4.69) is 57.6 Å². The van der Waals surface area contributed by atoms with Crippen LogP contribution in [0.1, 0.15) is 23.4 Å². The summed E-state index contributed by atoms with van der Waals surface area (Å²) >= 11 is 5.20. The summed E-state index contributed by atoms with van der Waals surface area (Å²) in [4.78, 5) is 5.66. The molecule has 0 aliphatic heterocycles. The van der Waals surface area contributed by atoms with Crippen molar-refractivity contribution >= 4 is 33.1 Å². The van der Waals surface area contributed by atoms with Crippen LogP contribution < -0.4 is 5.32 Å². The zero-order valence-corrected chi connectivity index (χ0v) is 11.6. The first kappa shape index (κ1) is 11.6. The van der Waals surface area contributed by atoms with Crippen molar-refractivity contribution in [3.8, 4) is 0 Å². The maximum absolute atomic E-state index is 4.34. The van der Waals surface area contributed by atoms with Crippen molar-refractivity contribution in [1.82, 2.24) is 4.98 Å². The third-order valence-electron chi connectivity index (χ3n) is 2.38. The Balaban J connectivity index is 2.12.